The maximum absolute atomic E-state index is 12.6. The Morgan fingerprint density at radius 3 is 2.45 bits per heavy atom. The molecule has 0 unspecified atom stereocenters. The summed E-state index contributed by atoms with van der Waals surface area (Å²) in [6, 6.07) is 8.30. The summed E-state index contributed by atoms with van der Waals surface area (Å²) in [7, 11) is -5.25. The number of benzene rings is 1. The smallest absolute Gasteiger partial charge is 0.203 e. The van der Waals surface area contributed by atoms with Crippen molar-refractivity contribution in [1.29, 1.82) is 0 Å². The fourth-order valence-corrected chi connectivity index (χ4v) is 3.34. The zero-order valence-electron chi connectivity index (χ0n) is 10.5. The van der Waals surface area contributed by atoms with Crippen LogP contribution in [0.5, 0.6) is 0 Å². The SMILES string of the molecule is O=S(=O)(N1CCC[C@@H]1/C=C/c1ccccc1)C(F)(F)F. The molecule has 1 aliphatic heterocycles. The molecule has 0 radical (unpaired) electrons. The van der Waals surface area contributed by atoms with Gasteiger partial charge in [-0.1, -0.05) is 42.5 Å². The Balaban J connectivity index is 2.19. The first-order chi connectivity index (χ1) is 9.32. The minimum Gasteiger partial charge on any atom is -0.203 e. The molecular formula is C13H14F3NO2S. The summed E-state index contributed by atoms with van der Waals surface area (Å²) in [5.41, 5.74) is -4.42. The van der Waals surface area contributed by atoms with Gasteiger partial charge in [-0.05, 0) is 18.4 Å². The first kappa shape index (κ1) is 15.1. The number of alkyl halides is 3. The highest BCUT2D eigenvalue weighted by atomic mass is 32.2. The van der Waals surface area contributed by atoms with Crippen LogP contribution in [0, 0.1) is 0 Å². The van der Waals surface area contributed by atoms with E-state index in [0.29, 0.717) is 17.1 Å². The van der Waals surface area contributed by atoms with Gasteiger partial charge in [-0.3, -0.25) is 0 Å². The van der Waals surface area contributed by atoms with Crippen LogP contribution in [0.15, 0.2) is 36.4 Å². The van der Waals surface area contributed by atoms with Crippen molar-refractivity contribution >= 4 is 16.1 Å². The first-order valence-electron chi connectivity index (χ1n) is 6.14. The predicted octanol–water partition coefficient (Wildman–Crippen LogP) is 3.01. The molecule has 0 bridgehead atoms. The molecule has 0 N–H and O–H groups in total. The number of hydrogen-bond acceptors (Lipinski definition) is 2. The summed E-state index contributed by atoms with van der Waals surface area (Å²) >= 11 is 0. The molecule has 0 aliphatic carbocycles. The summed E-state index contributed by atoms with van der Waals surface area (Å²) in [5, 5.41) is 0. The van der Waals surface area contributed by atoms with E-state index in [4.69, 9.17) is 0 Å². The van der Waals surface area contributed by atoms with E-state index in [1.807, 2.05) is 6.07 Å². The van der Waals surface area contributed by atoms with Crippen molar-refractivity contribution in [2.45, 2.75) is 24.4 Å². The van der Waals surface area contributed by atoms with E-state index in [0.717, 1.165) is 5.56 Å². The van der Waals surface area contributed by atoms with E-state index in [1.165, 1.54) is 6.08 Å². The highest BCUT2D eigenvalue weighted by molar-refractivity contribution is 7.90. The van der Waals surface area contributed by atoms with Crippen molar-refractivity contribution in [2.24, 2.45) is 0 Å². The highest BCUT2D eigenvalue weighted by Crippen LogP contribution is 2.32. The number of sulfonamides is 1. The van der Waals surface area contributed by atoms with Crippen molar-refractivity contribution in [1.82, 2.24) is 4.31 Å². The molecule has 1 aromatic rings. The van der Waals surface area contributed by atoms with Crippen molar-refractivity contribution in [3.05, 3.63) is 42.0 Å². The average Bonchev–Trinajstić information content (AvgIpc) is 2.85. The van der Waals surface area contributed by atoms with Gasteiger partial charge in [-0.25, -0.2) is 8.42 Å². The van der Waals surface area contributed by atoms with Crippen molar-refractivity contribution in [2.75, 3.05) is 6.54 Å². The third-order valence-electron chi connectivity index (χ3n) is 3.16. The van der Waals surface area contributed by atoms with E-state index in [2.05, 4.69) is 0 Å². The summed E-state index contributed by atoms with van der Waals surface area (Å²) in [5.74, 6) is 0. The van der Waals surface area contributed by atoms with Crippen molar-refractivity contribution in [3.63, 3.8) is 0 Å². The molecule has 1 saturated heterocycles. The minimum atomic E-state index is -5.25. The van der Waals surface area contributed by atoms with Crippen LogP contribution < -0.4 is 0 Å². The molecule has 20 heavy (non-hydrogen) atoms. The predicted molar refractivity (Wildman–Crippen MR) is 70.2 cm³/mol. The van der Waals surface area contributed by atoms with Gasteiger partial charge in [0, 0.05) is 12.6 Å². The second-order valence-corrected chi connectivity index (χ2v) is 6.42. The Bertz CT molecular complexity index is 581. The van der Waals surface area contributed by atoms with Crippen LogP contribution in [0.4, 0.5) is 13.2 Å². The fraction of sp³-hybridized carbons (Fsp3) is 0.385. The van der Waals surface area contributed by atoms with Gasteiger partial charge in [0.25, 0.3) is 0 Å². The maximum atomic E-state index is 12.6. The third-order valence-corrected chi connectivity index (χ3v) is 4.82. The van der Waals surface area contributed by atoms with Crippen LogP contribution >= 0.6 is 0 Å². The Hall–Kier alpha value is -1.34. The first-order valence-corrected chi connectivity index (χ1v) is 7.58. The Labute approximate surface area is 115 Å². The zero-order chi connectivity index (χ0) is 14.8. The normalized spacial score (nSPS) is 21.6. The Morgan fingerprint density at radius 1 is 1.20 bits per heavy atom. The number of rotatable bonds is 3. The second kappa shape index (κ2) is 5.57. The molecule has 0 amide bonds. The molecule has 0 aromatic heterocycles. The molecule has 1 fully saturated rings. The lowest BCUT2D eigenvalue weighted by Gasteiger charge is -2.22. The van der Waals surface area contributed by atoms with Gasteiger partial charge >= 0.3 is 15.5 Å². The molecule has 3 nitrogen and oxygen atoms in total. The highest BCUT2D eigenvalue weighted by Gasteiger charge is 2.52. The topological polar surface area (TPSA) is 37.4 Å². The molecule has 110 valence electrons. The van der Waals surface area contributed by atoms with Gasteiger partial charge in [0.2, 0.25) is 0 Å². The van der Waals surface area contributed by atoms with Gasteiger partial charge in [0.05, 0.1) is 0 Å². The van der Waals surface area contributed by atoms with E-state index in [1.54, 1.807) is 30.3 Å². The van der Waals surface area contributed by atoms with Gasteiger partial charge in [0.15, 0.2) is 0 Å². The lowest BCUT2D eigenvalue weighted by atomic mass is 10.1. The summed E-state index contributed by atoms with van der Waals surface area (Å²) in [4.78, 5) is 0. The molecule has 0 spiro atoms. The molecule has 1 heterocycles. The zero-order valence-corrected chi connectivity index (χ0v) is 11.4. The van der Waals surface area contributed by atoms with Crippen molar-refractivity contribution < 1.29 is 21.6 Å². The van der Waals surface area contributed by atoms with E-state index < -0.39 is 21.6 Å². The van der Waals surface area contributed by atoms with Crippen LogP contribution in [-0.2, 0) is 10.0 Å². The van der Waals surface area contributed by atoms with Gasteiger partial charge in [-0.15, -0.1) is 0 Å². The number of hydrogen-bond donors (Lipinski definition) is 0. The minimum absolute atomic E-state index is 0.0916. The lowest BCUT2D eigenvalue weighted by molar-refractivity contribution is -0.0488. The average molecular weight is 305 g/mol. The van der Waals surface area contributed by atoms with E-state index in [9.17, 15) is 21.6 Å². The second-order valence-electron chi connectivity index (χ2n) is 4.54. The van der Waals surface area contributed by atoms with Crippen LogP contribution in [0.1, 0.15) is 18.4 Å². The van der Waals surface area contributed by atoms with Crippen molar-refractivity contribution in [3.8, 4) is 0 Å². The molecule has 7 heteroatoms. The summed E-state index contributed by atoms with van der Waals surface area (Å²) in [6.45, 7) is -0.0916. The van der Waals surface area contributed by atoms with Crippen LogP contribution in [0.3, 0.4) is 0 Å². The largest absolute Gasteiger partial charge is 0.511 e. The monoisotopic (exact) mass is 305 g/mol. The summed E-state index contributed by atoms with van der Waals surface area (Å²) < 4.78 is 61.1. The molecular weight excluding hydrogens is 291 g/mol. The Kier molecular flexibility index (Phi) is 4.19. The molecule has 0 saturated carbocycles. The van der Waals surface area contributed by atoms with Crippen LogP contribution in [0.2, 0.25) is 0 Å². The maximum Gasteiger partial charge on any atom is 0.511 e. The molecule has 1 aromatic carbocycles. The van der Waals surface area contributed by atoms with E-state index >= 15 is 0 Å². The van der Waals surface area contributed by atoms with Crippen LogP contribution in [-0.4, -0.2) is 30.8 Å². The fourth-order valence-electron chi connectivity index (χ4n) is 2.18. The molecule has 1 aliphatic rings. The standard InChI is InChI=1S/C13H14F3NO2S/c14-13(15,16)20(18,19)17-10-4-7-12(17)9-8-11-5-2-1-3-6-11/h1-3,5-6,8-9,12H,4,7,10H2/b9-8+/t12-/m1/s1. The third kappa shape index (κ3) is 3.04. The summed E-state index contributed by atoms with van der Waals surface area (Å²) in [6.07, 6.45) is 4.00. The number of halogens is 3. The quantitative estimate of drug-likeness (QED) is 0.861. The molecule has 1 atom stereocenters. The van der Waals surface area contributed by atoms with E-state index in [-0.39, 0.29) is 6.54 Å². The van der Waals surface area contributed by atoms with Gasteiger partial charge < -0.3 is 0 Å². The lowest BCUT2D eigenvalue weighted by Crippen LogP contribution is -2.42. The number of nitrogens with zero attached hydrogens (tertiary/aromatic N) is 1. The van der Waals surface area contributed by atoms with Gasteiger partial charge in [-0.2, -0.15) is 17.5 Å². The van der Waals surface area contributed by atoms with Gasteiger partial charge in [0.1, 0.15) is 0 Å². The Morgan fingerprint density at radius 2 is 1.85 bits per heavy atom. The molecule has 2 rings (SSSR count). The van der Waals surface area contributed by atoms with Crippen LogP contribution in [0.25, 0.3) is 6.08 Å².